The molecule has 0 amide bonds. The van der Waals surface area contributed by atoms with E-state index in [1.165, 1.54) is 6.07 Å². The summed E-state index contributed by atoms with van der Waals surface area (Å²) in [5.41, 5.74) is 0.504. The van der Waals surface area contributed by atoms with Crippen molar-refractivity contribution in [1.82, 2.24) is 0 Å². The zero-order valence-electron chi connectivity index (χ0n) is 10.7. The van der Waals surface area contributed by atoms with Crippen molar-refractivity contribution in [3.8, 4) is 5.75 Å². The van der Waals surface area contributed by atoms with E-state index in [4.69, 9.17) is 4.42 Å². The van der Waals surface area contributed by atoms with Crippen LogP contribution in [0.25, 0.3) is 0 Å². The molecule has 19 heavy (non-hydrogen) atoms. The summed E-state index contributed by atoms with van der Waals surface area (Å²) in [6.45, 7) is 0.894. The van der Waals surface area contributed by atoms with Crippen LogP contribution in [0.3, 0.4) is 0 Å². The Balaban J connectivity index is 2.14. The molecule has 0 fully saturated rings. The van der Waals surface area contributed by atoms with Crippen LogP contribution in [0.4, 0.5) is 14.5 Å². The standard InChI is InChI=1S/C14H15F2NO2/c1-9-7-8-12(18-9)10(2)17-11-5-3-4-6-13(11)19-14(15)16/h3-8,10,14,17H,1-2H3. The lowest BCUT2D eigenvalue weighted by Gasteiger charge is -2.16. The van der Waals surface area contributed by atoms with Gasteiger partial charge in [-0.05, 0) is 38.1 Å². The fraction of sp³-hybridized carbons (Fsp3) is 0.286. The van der Waals surface area contributed by atoms with E-state index in [0.29, 0.717) is 5.69 Å². The first-order chi connectivity index (χ1) is 9.06. The highest BCUT2D eigenvalue weighted by Crippen LogP contribution is 2.29. The molecular weight excluding hydrogens is 252 g/mol. The topological polar surface area (TPSA) is 34.4 Å². The summed E-state index contributed by atoms with van der Waals surface area (Å²) >= 11 is 0. The molecule has 2 rings (SSSR count). The number of nitrogens with one attached hydrogen (secondary N) is 1. The number of para-hydroxylation sites is 2. The van der Waals surface area contributed by atoms with Crippen LogP contribution < -0.4 is 10.1 Å². The number of anilines is 1. The zero-order valence-corrected chi connectivity index (χ0v) is 10.7. The van der Waals surface area contributed by atoms with Gasteiger partial charge in [-0.25, -0.2) is 0 Å². The molecule has 1 atom stereocenters. The van der Waals surface area contributed by atoms with Crippen LogP contribution in [-0.4, -0.2) is 6.61 Å². The molecule has 3 nitrogen and oxygen atoms in total. The molecule has 0 aliphatic carbocycles. The average Bonchev–Trinajstić information content (AvgIpc) is 2.78. The number of hydrogen-bond acceptors (Lipinski definition) is 3. The predicted molar refractivity (Wildman–Crippen MR) is 68.6 cm³/mol. The Labute approximate surface area is 110 Å². The lowest BCUT2D eigenvalue weighted by molar-refractivity contribution is -0.0493. The van der Waals surface area contributed by atoms with Crippen LogP contribution >= 0.6 is 0 Å². The van der Waals surface area contributed by atoms with Crippen LogP contribution in [-0.2, 0) is 0 Å². The van der Waals surface area contributed by atoms with Crippen molar-refractivity contribution in [2.24, 2.45) is 0 Å². The first-order valence-electron chi connectivity index (χ1n) is 5.93. The number of alkyl halides is 2. The van der Waals surface area contributed by atoms with E-state index in [1.807, 2.05) is 26.0 Å². The summed E-state index contributed by atoms with van der Waals surface area (Å²) in [6, 6.07) is 10.1. The molecule has 1 aromatic carbocycles. The molecule has 0 aliphatic rings. The average molecular weight is 267 g/mol. The van der Waals surface area contributed by atoms with E-state index in [0.717, 1.165) is 11.5 Å². The first-order valence-corrected chi connectivity index (χ1v) is 5.93. The van der Waals surface area contributed by atoms with Gasteiger partial charge in [-0.1, -0.05) is 12.1 Å². The SMILES string of the molecule is Cc1ccc(C(C)Nc2ccccc2OC(F)F)o1. The second kappa shape index (κ2) is 5.73. The Kier molecular flexibility index (Phi) is 4.04. The van der Waals surface area contributed by atoms with E-state index >= 15 is 0 Å². The van der Waals surface area contributed by atoms with Crippen LogP contribution in [0.15, 0.2) is 40.8 Å². The fourth-order valence-corrected chi connectivity index (χ4v) is 1.78. The van der Waals surface area contributed by atoms with Crippen molar-refractivity contribution in [1.29, 1.82) is 0 Å². The second-order valence-electron chi connectivity index (χ2n) is 4.19. The third-order valence-electron chi connectivity index (χ3n) is 2.66. The molecule has 1 aromatic heterocycles. The van der Waals surface area contributed by atoms with Crippen LogP contribution in [0, 0.1) is 6.92 Å². The van der Waals surface area contributed by atoms with Gasteiger partial charge in [0, 0.05) is 0 Å². The summed E-state index contributed by atoms with van der Waals surface area (Å²) in [5, 5.41) is 3.09. The molecule has 2 aromatic rings. The maximum Gasteiger partial charge on any atom is 0.387 e. The van der Waals surface area contributed by atoms with E-state index in [1.54, 1.807) is 18.2 Å². The molecule has 5 heteroatoms. The monoisotopic (exact) mass is 267 g/mol. The van der Waals surface area contributed by atoms with Gasteiger partial charge in [0.1, 0.15) is 17.3 Å². The summed E-state index contributed by atoms with van der Waals surface area (Å²) in [6.07, 6.45) is 0. The van der Waals surface area contributed by atoms with E-state index in [2.05, 4.69) is 10.1 Å². The van der Waals surface area contributed by atoms with Gasteiger partial charge in [0.25, 0.3) is 0 Å². The van der Waals surface area contributed by atoms with Crippen molar-refractivity contribution in [3.05, 3.63) is 47.9 Å². The van der Waals surface area contributed by atoms with Gasteiger partial charge >= 0.3 is 6.61 Å². The van der Waals surface area contributed by atoms with Crippen molar-refractivity contribution in [3.63, 3.8) is 0 Å². The minimum Gasteiger partial charge on any atom is -0.464 e. The molecular formula is C14H15F2NO2. The van der Waals surface area contributed by atoms with Gasteiger partial charge in [-0.3, -0.25) is 0 Å². The van der Waals surface area contributed by atoms with Crippen LogP contribution in [0.5, 0.6) is 5.75 Å². The molecule has 1 N–H and O–H groups in total. The van der Waals surface area contributed by atoms with Gasteiger partial charge in [-0.2, -0.15) is 8.78 Å². The Morgan fingerprint density at radius 1 is 1.16 bits per heavy atom. The largest absolute Gasteiger partial charge is 0.464 e. The molecule has 0 bridgehead atoms. The molecule has 0 radical (unpaired) electrons. The fourth-order valence-electron chi connectivity index (χ4n) is 1.78. The Morgan fingerprint density at radius 3 is 2.53 bits per heavy atom. The number of ether oxygens (including phenoxy) is 1. The van der Waals surface area contributed by atoms with Crippen molar-refractivity contribution < 1.29 is 17.9 Å². The summed E-state index contributed by atoms with van der Waals surface area (Å²) in [5.74, 6) is 1.66. The number of hydrogen-bond donors (Lipinski definition) is 1. The third-order valence-corrected chi connectivity index (χ3v) is 2.66. The summed E-state index contributed by atoms with van der Waals surface area (Å²) in [4.78, 5) is 0. The molecule has 1 unspecified atom stereocenters. The number of rotatable bonds is 5. The Morgan fingerprint density at radius 2 is 1.89 bits per heavy atom. The molecule has 1 heterocycles. The minimum atomic E-state index is -2.84. The normalized spacial score (nSPS) is 12.5. The maximum absolute atomic E-state index is 12.3. The highest BCUT2D eigenvalue weighted by atomic mass is 19.3. The maximum atomic E-state index is 12.3. The molecule has 0 aliphatic heterocycles. The smallest absolute Gasteiger partial charge is 0.387 e. The summed E-state index contributed by atoms with van der Waals surface area (Å²) in [7, 11) is 0. The van der Waals surface area contributed by atoms with E-state index in [-0.39, 0.29) is 11.8 Å². The molecule has 0 saturated heterocycles. The highest BCUT2D eigenvalue weighted by Gasteiger charge is 2.13. The minimum absolute atomic E-state index is 0.118. The first kappa shape index (κ1) is 13.4. The highest BCUT2D eigenvalue weighted by molar-refractivity contribution is 5.57. The van der Waals surface area contributed by atoms with Gasteiger partial charge in [0.15, 0.2) is 0 Å². The van der Waals surface area contributed by atoms with E-state index in [9.17, 15) is 8.78 Å². The number of aryl methyl sites for hydroxylation is 1. The lowest BCUT2D eigenvalue weighted by Crippen LogP contribution is -2.09. The third kappa shape index (κ3) is 3.47. The lowest BCUT2D eigenvalue weighted by atomic mass is 10.2. The van der Waals surface area contributed by atoms with E-state index < -0.39 is 6.61 Å². The van der Waals surface area contributed by atoms with Crippen LogP contribution in [0.2, 0.25) is 0 Å². The quantitative estimate of drug-likeness (QED) is 0.873. The summed E-state index contributed by atoms with van der Waals surface area (Å²) < 4.78 is 34.5. The molecule has 102 valence electrons. The van der Waals surface area contributed by atoms with Gasteiger partial charge in [0.2, 0.25) is 0 Å². The number of halogens is 2. The predicted octanol–water partition coefficient (Wildman–Crippen LogP) is 4.36. The molecule has 0 spiro atoms. The van der Waals surface area contributed by atoms with Gasteiger partial charge in [-0.15, -0.1) is 0 Å². The van der Waals surface area contributed by atoms with Crippen molar-refractivity contribution >= 4 is 5.69 Å². The van der Waals surface area contributed by atoms with Crippen molar-refractivity contribution in [2.45, 2.75) is 26.5 Å². The van der Waals surface area contributed by atoms with Gasteiger partial charge in [0.05, 0.1) is 11.7 Å². The van der Waals surface area contributed by atoms with Gasteiger partial charge < -0.3 is 14.5 Å². The zero-order chi connectivity index (χ0) is 13.8. The number of furan rings is 1. The Hall–Kier alpha value is -2.04. The van der Waals surface area contributed by atoms with Crippen LogP contribution in [0.1, 0.15) is 24.5 Å². The van der Waals surface area contributed by atoms with Crippen molar-refractivity contribution in [2.75, 3.05) is 5.32 Å². The second-order valence-corrected chi connectivity index (χ2v) is 4.19. The Bertz CT molecular complexity index is 540. The number of benzene rings is 1. The molecule has 0 saturated carbocycles.